The second kappa shape index (κ2) is 13.9. The average Bonchev–Trinajstić information content (AvgIpc) is 3.95. The number of nitrogens with one attached hydrogen (secondary N) is 3. The molecule has 3 atom stereocenters. The number of carbonyl (C=O) groups is 1. The highest BCUT2D eigenvalue weighted by Gasteiger charge is 2.61. The van der Waals surface area contributed by atoms with Gasteiger partial charge >= 0.3 is 6.18 Å². The monoisotopic (exact) mass is 898 g/mol. The van der Waals surface area contributed by atoms with Crippen LogP contribution in [0, 0.1) is 29.4 Å². The summed E-state index contributed by atoms with van der Waals surface area (Å²) in [6, 6.07) is 8.18. The van der Waals surface area contributed by atoms with Gasteiger partial charge in [-0.15, -0.1) is 5.92 Å². The Morgan fingerprint density at radius 2 is 1.82 bits per heavy atom. The predicted octanol–water partition coefficient (Wildman–Crippen LogP) is 5.97. The van der Waals surface area contributed by atoms with Gasteiger partial charge in [0.1, 0.15) is 23.9 Å². The number of anilines is 2. The molecule has 22 heteroatoms. The lowest BCUT2D eigenvalue weighted by atomic mass is 9.81. The first kappa shape index (κ1) is 40.3. The van der Waals surface area contributed by atoms with Gasteiger partial charge in [-0.3, -0.25) is 18.9 Å². The maximum absolute atomic E-state index is 15.9. The van der Waals surface area contributed by atoms with Crippen LogP contribution in [0.2, 0.25) is 0 Å². The Morgan fingerprint density at radius 3 is 2.50 bits per heavy atom. The first-order valence-electron chi connectivity index (χ1n) is 19.3. The highest BCUT2D eigenvalue weighted by Crippen LogP contribution is 2.58. The molecule has 10 rings (SSSR count). The number of hydrogen-bond acceptors (Lipinski definition) is 10. The number of pyridine rings is 1. The van der Waals surface area contributed by atoms with Gasteiger partial charge in [0.2, 0.25) is 15.9 Å². The van der Waals surface area contributed by atoms with E-state index in [1.54, 1.807) is 31.3 Å². The summed E-state index contributed by atoms with van der Waals surface area (Å²) in [5.74, 6) is -4.76. The van der Waals surface area contributed by atoms with Crippen molar-refractivity contribution in [1.29, 1.82) is 0 Å². The zero-order valence-electron chi connectivity index (χ0n) is 32.5. The van der Waals surface area contributed by atoms with Crippen LogP contribution in [0.1, 0.15) is 53.0 Å². The Labute approximate surface area is 351 Å². The van der Waals surface area contributed by atoms with E-state index in [1.165, 1.54) is 16.0 Å². The Bertz CT molecular complexity index is 3030. The zero-order valence-corrected chi connectivity index (χ0v) is 34.2. The number of thiazole rings is 1. The molecular formula is C40H33F7N10O3S2. The maximum Gasteiger partial charge on any atom is 0.435 e. The second-order valence-corrected chi connectivity index (χ2v) is 19.0. The topological polar surface area (TPSA) is 152 Å². The third kappa shape index (κ3) is 6.71. The van der Waals surface area contributed by atoms with Crippen molar-refractivity contribution in [1.82, 2.24) is 40.2 Å². The van der Waals surface area contributed by atoms with Gasteiger partial charge in [-0.2, -0.15) is 37.1 Å². The van der Waals surface area contributed by atoms with Crippen LogP contribution in [-0.4, -0.2) is 75.3 Å². The fourth-order valence-corrected chi connectivity index (χ4v) is 10.6. The molecule has 1 spiro atoms. The molecule has 6 heterocycles. The number of aromatic nitrogens is 6. The molecule has 0 bridgehead atoms. The minimum absolute atomic E-state index is 0.00974. The molecule has 4 aromatic heterocycles. The standard InChI is InChI=1S/C40H33F7N10O3S2/c1-55-32-22(5-3-7-24(32)35(53-55)54-62(2,59)60)25-15-28-36(51-37(61-28)56-17-38(18-56)9-10-48-38)50-31(25)27(13-19-11-20(41)14-21(42)12-19)49-29(58)16-57-34-30(33(52-57)40(45,46)47)23-6-4-8-26(23)39(34,43)44/h3,5,7,11-12,14-15,23,26-27,48H,8-10,13,16-18H2,1-2H3,(H,49,58)(H,53,54)/t23-,26+,27-/m0/s1. The number of hydrogen-bond donors (Lipinski definition) is 3. The molecule has 6 aromatic rings. The summed E-state index contributed by atoms with van der Waals surface area (Å²) in [6.45, 7) is 1.24. The molecular weight excluding hydrogens is 866 g/mol. The van der Waals surface area contributed by atoms with Crippen LogP contribution in [0.3, 0.4) is 0 Å². The Kier molecular flexibility index (Phi) is 9.00. The summed E-state index contributed by atoms with van der Waals surface area (Å²) in [5, 5.41) is 15.1. The Hall–Kier alpha value is -5.79. The van der Waals surface area contributed by atoms with E-state index in [1.807, 2.05) is 0 Å². The Morgan fingerprint density at radius 1 is 1.08 bits per heavy atom. The maximum atomic E-state index is 15.9. The number of sulfonamides is 1. The lowest BCUT2D eigenvalue weighted by molar-refractivity contribution is -0.142. The molecule has 2 aliphatic carbocycles. The largest absolute Gasteiger partial charge is 0.435 e. The van der Waals surface area contributed by atoms with E-state index in [4.69, 9.17) is 9.97 Å². The first-order valence-corrected chi connectivity index (χ1v) is 22.0. The van der Waals surface area contributed by atoms with Gasteiger partial charge in [0.05, 0.1) is 45.6 Å². The molecule has 0 radical (unpaired) electrons. The molecule has 13 nitrogen and oxygen atoms in total. The lowest BCUT2D eigenvalue weighted by Gasteiger charge is -2.56. The van der Waals surface area contributed by atoms with Crippen LogP contribution < -0.4 is 20.3 Å². The van der Waals surface area contributed by atoms with E-state index >= 15 is 8.78 Å². The number of nitrogens with zero attached hydrogens (tertiary/aromatic N) is 7. The fraction of sp³-hybridized carbons (Fsp3) is 0.375. The summed E-state index contributed by atoms with van der Waals surface area (Å²) in [4.78, 5) is 26.0. The molecule has 2 saturated heterocycles. The lowest BCUT2D eigenvalue weighted by Crippen LogP contribution is -2.75. The van der Waals surface area contributed by atoms with E-state index in [-0.39, 0.29) is 41.1 Å². The van der Waals surface area contributed by atoms with Gasteiger partial charge in [-0.05, 0) is 49.2 Å². The number of benzene rings is 2. The normalized spacial score (nSPS) is 20.1. The van der Waals surface area contributed by atoms with Crippen molar-refractivity contribution in [3.8, 4) is 23.0 Å². The number of para-hydroxylation sites is 1. The molecule has 4 aliphatic rings. The van der Waals surface area contributed by atoms with Gasteiger partial charge in [-0.1, -0.05) is 29.4 Å². The third-order valence-corrected chi connectivity index (χ3v) is 13.5. The number of halogens is 7. The van der Waals surface area contributed by atoms with Crippen LogP contribution in [0.15, 0.2) is 42.5 Å². The molecule has 62 heavy (non-hydrogen) atoms. The number of aryl methyl sites for hydroxylation is 1. The number of fused-ring (bicyclic) bond motifs is 5. The summed E-state index contributed by atoms with van der Waals surface area (Å²) in [5.41, 5.74) is -1.74. The fourth-order valence-electron chi connectivity index (χ4n) is 9.14. The predicted molar refractivity (Wildman–Crippen MR) is 214 cm³/mol. The van der Waals surface area contributed by atoms with E-state index in [2.05, 4.69) is 42.3 Å². The molecule has 3 N–H and O–H groups in total. The minimum Gasteiger partial charge on any atom is -0.346 e. The molecule has 0 saturated carbocycles. The number of carbonyl (C=O) groups excluding carboxylic acids is 1. The van der Waals surface area contributed by atoms with Crippen molar-refractivity contribution in [2.45, 2.75) is 55.4 Å². The van der Waals surface area contributed by atoms with E-state index < -0.39 is 81.0 Å². The molecule has 2 aromatic carbocycles. The van der Waals surface area contributed by atoms with Crippen LogP contribution in [0.25, 0.3) is 32.4 Å². The summed E-state index contributed by atoms with van der Waals surface area (Å²) >= 11 is 1.35. The Balaban J connectivity index is 1.11. The zero-order chi connectivity index (χ0) is 43.7. The van der Waals surface area contributed by atoms with Gasteiger partial charge < -0.3 is 15.5 Å². The van der Waals surface area contributed by atoms with Crippen LogP contribution in [0.4, 0.5) is 41.7 Å². The van der Waals surface area contributed by atoms with Crippen molar-refractivity contribution >= 4 is 59.5 Å². The van der Waals surface area contributed by atoms with Crippen LogP contribution in [-0.2, 0) is 46.9 Å². The van der Waals surface area contributed by atoms with Gasteiger partial charge in [0.15, 0.2) is 22.3 Å². The van der Waals surface area contributed by atoms with Crippen molar-refractivity contribution in [2.75, 3.05) is 35.5 Å². The van der Waals surface area contributed by atoms with Crippen LogP contribution in [0.5, 0.6) is 0 Å². The summed E-state index contributed by atoms with van der Waals surface area (Å²) in [6.07, 6.45) is -3.84. The smallest absolute Gasteiger partial charge is 0.346 e. The molecule has 0 unspecified atom stereocenters. The van der Waals surface area contributed by atoms with E-state index in [0.29, 0.717) is 55.7 Å². The highest BCUT2D eigenvalue weighted by molar-refractivity contribution is 7.92. The molecule has 322 valence electrons. The highest BCUT2D eigenvalue weighted by atomic mass is 32.2. The minimum atomic E-state index is -5.14. The van der Waals surface area contributed by atoms with Gasteiger partial charge in [0.25, 0.3) is 5.92 Å². The van der Waals surface area contributed by atoms with Crippen molar-refractivity contribution in [3.63, 3.8) is 0 Å². The third-order valence-electron chi connectivity index (χ3n) is 11.9. The van der Waals surface area contributed by atoms with E-state index in [0.717, 1.165) is 31.4 Å². The SMILES string of the molecule is Cn1nc(NS(C)(=O)=O)c2cccc(-c3cc4sc(N5CC6(CCN6)C5)nc4nc3[C@H](Cc3cc(F)cc(F)c3)NC(=O)Cn3nc(C(F)(F)F)c4c3C(F)(F)[C@@H]3CC#C[C@H]43)c21. The van der Waals surface area contributed by atoms with Crippen LogP contribution >= 0.6 is 11.3 Å². The van der Waals surface area contributed by atoms with Crippen molar-refractivity contribution < 1.29 is 43.9 Å². The van der Waals surface area contributed by atoms with E-state index in [9.17, 15) is 35.2 Å². The molecule has 2 fully saturated rings. The summed E-state index contributed by atoms with van der Waals surface area (Å²) < 4.78 is 134. The first-order chi connectivity index (χ1) is 29.3. The summed E-state index contributed by atoms with van der Waals surface area (Å²) in [7, 11) is -2.19. The number of alkyl halides is 5. The van der Waals surface area contributed by atoms with Crippen molar-refractivity contribution in [2.24, 2.45) is 13.0 Å². The second-order valence-electron chi connectivity index (χ2n) is 16.2. The number of amides is 1. The molecule has 2 aliphatic heterocycles. The number of rotatable bonds is 10. The van der Waals surface area contributed by atoms with Gasteiger partial charge in [0, 0.05) is 54.7 Å². The molecule has 1 amide bonds. The quantitative estimate of drug-likeness (QED) is 0.112. The van der Waals surface area contributed by atoms with Crippen molar-refractivity contribution in [3.05, 3.63) is 82.3 Å². The average molecular weight is 899 g/mol. The van der Waals surface area contributed by atoms with Gasteiger partial charge in [-0.25, -0.2) is 22.2 Å².